The Balaban J connectivity index is 1.67. The van der Waals surface area contributed by atoms with Gasteiger partial charge in [0.05, 0.1) is 40.5 Å². The third kappa shape index (κ3) is 4.40. The largest absolute Gasteiger partial charge is 0.393 e. The Kier molecular flexibility index (Phi) is 5.91. The van der Waals surface area contributed by atoms with Crippen LogP contribution in [-0.4, -0.2) is 55.0 Å². The highest BCUT2D eigenvalue weighted by atomic mass is 32.1. The first-order valence-corrected chi connectivity index (χ1v) is 10.7. The second-order valence-electron chi connectivity index (χ2n) is 7.86. The van der Waals surface area contributed by atoms with Gasteiger partial charge in [0.1, 0.15) is 6.17 Å². The number of hydrogen-bond donors (Lipinski definition) is 3. The molecule has 0 unspecified atom stereocenters. The Morgan fingerprint density at radius 3 is 2.73 bits per heavy atom. The molecule has 1 aromatic carbocycles. The van der Waals surface area contributed by atoms with Crippen molar-refractivity contribution in [3.8, 4) is 0 Å². The number of fused-ring (bicyclic) bond motifs is 1. The lowest BCUT2D eigenvalue weighted by molar-refractivity contribution is -0.127. The summed E-state index contributed by atoms with van der Waals surface area (Å²) in [6.45, 7) is 0.517. The zero-order valence-electron chi connectivity index (χ0n) is 16.1. The third-order valence-corrected chi connectivity index (χ3v) is 6.89. The molecule has 1 aliphatic heterocycles. The summed E-state index contributed by atoms with van der Waals surface area (Å²) in [5.74, 6) is 0. The van der Waals surface area contributed by atoms with Crippen molar-refractivity contribution in [1.82, 2.24) is 5.32 Å². The average Bonchev–Trinajstić information content (AvgIpc) is 3.21. The van der Waals surface area contributed by atoms with Crippen molar-refractivity contribution in [1.29, 1.82) is 0 Å². The normalized spacial score (nSPS) is 23.8. The lowest BCUT2D eigenvalue weighted by Gasteiger charge is -2.36. The van der Waals surface area contributed by atoms with Gasteiger partial charge in [-0.15, -0.1) is 11.3 Å². The van der Waals surface area contributed by atoms with Crippen LogP contribution in [0.4, 0.5) is 23.2 Å². The van der Waals surface area contributed by atoms with Crippen molar-refractivity contribution in [2.24, 2.45) is 5.16 Å². The molecule has 10 heteroatoms. The van der Waals surface area contributed by atoms with Crippen LogP contribution in [0.5, 0.6) is 0 Å². The highest BCUT2D eigenvalue weighted by molar-refractivity contribution is 7.21. The molecule has 0 amide bonds. The minimum atomic E-state index is -4.39. The number of nitrogens with one attached hydrogen (secondary N) is 2. The van der Waals surface area contributed by atoms with Gasteiger partial charge in [-0.05, 0) is 36.3 Å². The van der Waals surface area contributed by atoms with Gasteiger partial charge in [0, 0.05) is 13.1 Å². The number of nitrogens with zero attached hydrogens (tertiary/aromatic N) is 1. The number of hydrogen-bond acceptors (Lipinski definition) is 6. The lowest BCUT2D eigenvalue weighted by Crippen LogP contribution is -2.42. The first-order chi connectivity index (χ1) is 14.3. The number of aliphatic hydroxyl groups excluding tert-OH is 1. The van der Waals surface area contributed by atoms with Gasteiger partial charge in [0.2, 0.25) is 0 Å². The van der Waals surface area contributed by atoms with E-state index in [9.17, 15) is 22.7 Å². The van der Waals surface area contributed by atoms with E-state index in [1.807, 2.05) is 0 Å². The van der Waals surface area contributed by atoms with Gasteiger partial charge in [-0.3, -0.25) is 0 Å². The average molecular weight is 445 g/mol. The first-order valence-electron chi connectivity index (χ1n) is 9.85. The summed E-state index contributed by atoms with van der Waals surface area (Å²) >= 11 is 1.16. The number of aliphatic hydroxyl groups is 1. The van der Waals surface area contributed by atoms with Crippen LogP contribution in [0.3, 0.4) is 0 Å². The van der Waals surface area contributed by atoms with Gasteiger partial charge in [0.15, 0.2) is 5.60 Å². The Labute approximate surface area is 175 Å². The minimum Gasteiger partial charge on any atom is -0.392 e. The summed E-state index contributed by atoms with van der Waals surface area (Å²) in [4.78, 5) is 5.76. The molecule has 0 radical (unpaired) electrons. The first kappa shape index (κ1) is 21.3. The SMILES string of the molecule is OCC1(O/N=C/c2sc3c(N[C@@H]4CNC[C@@H]4F)cccc3c2CC(F)(F)F)CCC1. The zero-order valence-corrected chi connectivity index (χ0v) is 17.0. The fraction of sp³-hybridized carbons (Fsp3) is 0.550. The van der Waals surface area contributed by atoms with Gasteiger partial charge in [-0.2, -0.15) is 13.2 Å². The van der Waals surface area contributed by atoms with E-state index in [0.717, 1.165) is 17.8 Å². The molecule has 164 valence electrons. The monoisotopic (exact) mass is 445 g/mol. The van der Waals surface area contributed by atoms with Crippen molar-refractivity contribution in [3.05, 3.63) is 28.6 Å². The Bertz CT molecular complexity index is 921. The van der Waals surface area contributed by atoms with Gasteiger partial charge in [-0.1, -0.05) is 17.3 Å². The molecule has 2 heterocycles. The molecule has 0 spiro atoms. The van der Waals surface area contributed by atoms with E-state index >= 15 is 0 Å². The topological polar surface area (TPSA) is 65.9 Å². The maximum Gasteiger partial charge on any atom is 0.393 e. The van der Waals surface area contributed by atoms with Crippen LogP contribution in [0.2, 0.25) is 0 Å². The van der Waals surface area contributed by atoms with E-state index in [1.54, 1.807) is 18.2 Å². The molecule has 2 aliphatic rings. The van der Waals surface area contributed by atoms with E-state index in [-0.39, 0.29) is 18.7 Å². The number of rotatable bonds is 7. The minimum absolute atomic E-state index is 0.117. The van der Waals surface area contributed by atoms with E-state index in [4.69, 9.17) is 4.84 Å². The fourth-order valence-electron chi connectivity index (χ4n) is 3.81. The molecule has 2 aromatic rings. The van der Waals surface area contributed by atoms with Crippen LogP contribution in [-0.2, 0) is 11.3 Å². The summed E-state index contributed by atoms with van der Waals surface area (Å²) in [5.41, 5.74) is -0.00874. The van der Waals surface area contributed by atoms with Gasteiger partial charge < -0.3 is 20.6 Å². The van der Waals surface area contributed by atoms with Crippen molar-refractivity contribution < 1.29 is 27.5 Å². The molecule has 2 fully saturated rings. The number of halogens is 4. The number of alkyl halides is 4. The highest BCUT2D eigenvalue weighted by Gasteiger charge is 2.39. The van der Waals surface area contributed by atoms with E-state index in [1.165, 1.54) is 6.21 Å². The Hall–Kier alpha value is -1.91. The summed E-state index contributed by atoms with van der Waals surface area (Å²) < 4.78 is 54.4. The Morgan fingerprint density at radius 1 is 1.33 bits per heavy atom. The summed E-state index contributed by atoms with van der Waals surface area (Å²) in [6.07, 6.45) is -3.02. The maximum atomic E-state index is 14.0. The van der Waals surface area contributed by atoms with Crippen LogP contribution in [0.1, 0.15) is 29.7 Å². The van der Waals surface area contributed by atoms with Gasteiger partial charge in [0.25, 0.3) is 0 Å². The molecule has 0 bridgehead atoms. The molecule has 1 saturated heterocycles. The molecular formula is C20H23F4N3O2S. The lowest BCUT2D eigenvalue weighted by atomic mass is 9.81. The predicted molar refractivity (Wildman–Crippen MR) is 109 cm³/mol. The van der Waals surface area contributed by atoms with E-state index in [2.05, 4.69) is 15.8 Å². The molecule has 3 N–H and O–H groups in total. The molecule has 2 atom stereocenters. The quantitative estimate of drug-likeness (QED) is 0.343. The molecular weight excluding hydrogens is 422 g/mol. The van der Waals surface area contributed by atoms with Gasteiger partial charge >= 0.3 is 6.18 Å². The van der Waals surface area contributed by atoms with Crippen molar-refractivity contribution >= 4 is 33.3 Å². The highest BCUT2D eigenvalue weighted by Crippen LogP contribution is 2.39. The van der Waals surface area contributed by atoms with Crippen LogP contribution < -0.4 is 10.6 Å². The van der Waals surface area contributed by atoms with Crippen molar-refractivity contribution in [3.63, 3.8) is 0 Å². The number of oxime groups is 1. The molecule has 4 rings (SSSR count). The van der Waals surface area contributed by atoms with Crippen LogP contribution in [0.25, 0.3) is 10.1 Å². The molecule has 30 heavy (non-hydrogen) atoms. The number of anilines is 1. The molecule has 1 saturated carbocycles. The molecule has 1 aliphatic carbocycles. The summed E-state index contributed by atoms with van der Waals surface area (Å²) in [5, 5.41) is 19.9. The second kappa shape index (κ2) is 8.32. The van der Waals surface area contributed by atoms with E-state index in [0.29, 0.717) is 40.0 Å². The summed E-state index contributed by atoms with van der Waals surface area (Å²) in [7, 11) is 0. The van der Waals surface area contributed by atoms with Gasteiger partial charge in [-0.25, -0.2) is 4.39 Å². The Morgan fingerprint density at radius 2 is 2.13 bits per heavy atom. The molecule has 5 nitrogen and oxygen atoms in total. The predicted octanol–water partition coefficient (Wildman–Crippen LogP) is 3.99. The third-order valence-electron chi connectivity index (χ3n) is 5.68. The second-order valence-corrected chi connectivity index (χ2v) is 8.92. The van der Waals surface area contributed by atoms with Crippen molar-refractivity contribution in [2.75, 3.05) is 25.0 Å². The zero-order chi connectivity index (χ0) is 21.4. The number of thiophene rings is 1. The number of benzene rings is 1. The fourth-order valence-corrected chi connectivity index (χ4v) is 4.97. The molecule has 1 aromatic heterocycles. The summed E-state index contributed by atoms with van der Waals surface area (Å²) in [6, 6.07) is 4.61. The van der Waals surface area contributed by atoms with E-state index < -0.39 is 30.4 Å². The standard InChI is InChI=1S/C20H23F4N3O2S/c21-14-8-25-9-16(14)27-15-4-1-3-12-13(7-20(22,23)24)17(30-18(12)15)10-26-29-19(11-28)5-2-6-19/h1,3-4,10,14,16,25,27-28H,2,5-9,11H2/b26-10+/t14-,16+/m0/s1. The van der Waals surface area contributed by atoms with Crippen LogP contribution in [0.15, 0.2) is 23.4 Å². The van der Waals surface area contributed by atoms with Crippen LogP contribution >= 0.6 is 11.3 Å². The van der Waals surface area contributed by atoms with Crippen molar-refractivity contribution in [2.45, 2.75) is 49.7 Å². The maximum absolute atomic E-state index is 14.0. The van der Waals surface area contributed by atoms with Crippen LogP contribution in [0, 0.1) is 0 Å². The smallest absolute Gasteiger partial charge is 0.392 e.